The van der Waals surface area contributed by atoms with Crippen molar-refractivity contribution in [1.82, 2.24) is 0 Å². The third-order valence-corrected chi connectivity index (χ3v) is 3.09. The maximum Gasteiger partial charge on any atom is 0.371 e. The molecular weight excluding hydrogens is 316 g/mol. The van der Waals surface area contributed by atoms with Gasteiger partial charge in [0.05, 0.1) is 7.11 Å². The highest BCUT2D eigenvalue weighted by atomic mass is 79.9. The Morgan fingerprint density at radius 2 is 2.11 bits per heavy atom. The molecule has 0 aliphatic rings. The lowest BCUT2D eigenvalue weighted by molar-refractivity contribution is 0.0655. The summed E-state index contributed by atoms with van der Waals surface area (Å²) in [6.07, 6.45) is -1.09. The number of aliphatic hydroxyl groups is 1. The average Bonchev–Trinajstić information content (AvgIpc) is 2.87. The molecule has 1 unspecified atom stereocenters. The van der Waals surface area contributed by atoms with E-state index in [0.717, 1.165) is 4.47 Å². The number of hydrogen-bond donors (Lipinski definition) is 2. The number of ether oxygens (including phenoxy) is 1. The Bertz CT molecular complexity index is 605. The van der Waals surface area contributed by atoms with Crippen LogP contribution in [0.5, 0.6) is 5.75 Å². The van der Waals surface area contributed by atoms with Crippen LogP contribution in [0.1, 0.15) is 28.0 Å². The molecule has 0 radical (unpaired) electrons. The molecule has 0 saturated heterocycles. The number of carboxylic acids is 1. The number of benzene rings is 1. The molecule has 1 aromatic heterocycles. The fourth-order valence-electron chi connectivity index (χ4n) is 1.68. The molecule has 2 rings (SSSR count). The Labute approximate surface area is 117 Å². The van der Waals surface area contributed by atoms with Crippen molar-refractivity contribution in [2.45, 2.75) is 6.10 Å². The van der Waals surface area contributed by atoms with Gasteiger partial charge in [0.2, 0.25) is 5.76 Å². The van der Waals surface area contributed by atoms with Gasteiger partial charge in [0, 0.05) is 10.0 Å². The maximum atomic E-state index is 10.7. The molecule has 0 saturated carbocycles. The Hall–Kier alpha value is -1.79. The first-order valence-corrected chi connectivity index (χ1v) is 6.16. The van der Waals surface area contributed by atoms with Crippen molar-refractivity contribution in [3.63, 3.8) is 0 Å². The van der Waals surface area contributed by atoms with E-state index in [9.17, 15) is 9.90 Å². The van der Waals surface area contributed by atoms with Crippen LogP contribution in [0.4, 0.5) is 0 Å². The van der Waals surface area contributed by atoms with Crippen LogP contribution in [0.15, 0.2) is 39.2 Å². The number of halogens is 1. The second-order valence-corrected chi connectivity index (χ2v) is 4.71. The zero-order valence-electron chi connectivity index (χ0n) is 9.96. The Morgan fingerprint density at radius 3 is 2.68 bits per heavy atom. The second kappa shape index (κ2) is 5.46. The van der Waals surface area contributed by atoms with Crippen molar-refractivity contribution in [2.24, 2.45) is 0 Å². The van der Waals surface area contributed by atoms with Gasteiger partial charge in [-0.3, -0.25) is 0 Å². The molecule has 0 aliphatic carbocycles. The molecule has 0 aliphatic heterocycles. The van der Waals surface area contributed by atoms with Gasteiger partial charge in [-0.15, -0.1) is 0 Å². The van der Waals surface area contributed by atoms with Crippen LogP contribution in [-0.2, 0) is 0 Å². The third kappa shape index (κ3) is 2.80. The summed E-state index contributed by atoms with van der Waals surface area (Å²) in [5.41, 5.74) is 0.497. The van der Waals surface area contributed by atoms with Crippen molar-refractivity contribution < 1.29 is 24.2 Å². The molecule has 1 heterocycles. The van der Waals surface area contributed by atoms with Crippen LogP contribution < -0.4 is 4.74 Å². The van der Waals surface area contributed by atoms with E-state index < -0.39 is 12.1 Å². The minimum absolute atomic E-state index is 0.151. The molecule has 6 heteroatoms. The number of hydrogen-bond acceptors (Lipinski definition) is 4. The van der Waals surface area contributed by atoms with Crippen LogP contribution in [0.2, 0.25) is 0 Å². The SMILES string of the molecule is COc1cc(Br)ccc1C(O)c1ccc(C(=O)O)o1. The summed E-state index contributed by atoms with van der Waals surface area (Å²) in [6.45, 7) is 0. The zero-order chi connectivity index (χ0) is 14.0. The van der Waals surface area contributed by atoms with Crippen molar-refractivity contribution >= 4 is 21.9 Å². The van der Waals surface area contributed by atoms with Crippen LogP contribution in [0.25, 0.3) is 0 Å². The van der Waals surface area contributed by atoms with Gasteiger partial charge < -0.3 is 19.4 Å². The maximum absolute atomic E-state index is 10.7. The van der Waals surface area contributed by atoms with Crippen LogP contribution in [-0.4, -0.2) is 23.3 Å². The first-order valence-electron chi connectivity index (χ1n) is 5.37. The van der Waals surface area contributed by atoms with E-state index in [-0.39, 0.29) is 11.5 Å². The first-order chi connectivity index (χ1) is 9.02. The number of aromatic carboxylic acids is 1. The minimum atomic E-state index is -1.18. The number of furan rings is 1. The summed E-state index contributed by atoms with van der Waals surface area (Å²) in [5.74, 6) is -0.764. The first kappa shape index (κ1) is 13.6. The standard InChI is InChI=1S/C13H11BrO5/c1-18-11-6-7(14)2-3-8(11)12(15)9-4-5-10(19-9)13(16)17/h2-6,12,15H,1H3,(H,16,17). The smallest absolute Gasteiger partial charge is 0.371 e. The summed E-state index contributed by atoms with van der Waals surface area (Å²) in [7, 11) is 1.49. The van der Waals surface area contributed by atoms with Gasteiger partial charge in [-0.1, -0.05) is 22.0 Å². The van der Waals surface area contributed by atoms with E-state index in [2.05, 4.69) is 15.9 Å². The van der Waals surface area contributed by atoms with Crippen LogP contribution >= 0.6 is 15.9 Å². The molecule has 5 nitrogen and oxygen atoms in total. The Kier molecular flexibility index (Phi) is 3.92. The predicted molar refractivity (Wildman–Crippen MR) is 70.4 cm³/mol. The molecular formula is C13H11BrO5. The van der Waals surface area contributed by atoms with E-state index in [1.165, 1.54) is 19.2 Å². The lowest BCUT2D eigenvalue weighted by Gasteiger charge is -2.13. The van der Waals surface area contributed by atoms with Crippen molar-refractivity contribution in [2.75, 3.05) is 7.11 Å². The molecule has 19 heavy (non-hydrogen) atoms. The van der Waals surface area contributed by atoms with E-state index in [4.69, 9.17) is 14.3 Å². The number of carbonyl (C=O) groups is 1. The average molecular weight is 327 g/mol. The van der Waals surface area contributed by atoms with Crippen molar-refractivity contribution in [3.8, 4) is 5.75 Å². The summed E-state index contributed by atoms with van der Waals surface area (Å²) >= 11 is 3.30. The van der Waals surface area contributed by atoms with E-state index in [1.54, 1.807) is 18.2 Å². The van der Waals surface area contributed by atoms with E-state index in [0.29, 0.717) is 11.3 Å². The van der Waals surface area contributed by atoms with Crippen LogP contribution in [0.3, 0.4) is 0 Å². The quantitative estimate of drug-likeness (QED) is 0.903. The Morgan fingerprint density at radius 1 is 1.37 bits per heavy atom. The molecule has 0 fully saturated rings. The van der Waals surface area contributed by atoms with Gasteiger partial charge in [0.1, 0.15) is 17.6 Å². The number of aliphatic hydroxyl groups excluding tert-OH is 1. The second-order valence-electron chi connectivity index (χ2n) is 3.80. The summed E-state index contributed by atoms with van der Waals surface area (Å²) in [4.78, 5) is 10.7. The lowest BCUT2D eigenvalue weighted by atomic mass is 10.1. The molecule has 1 aromatic carbocycles. The number of carboxylic acid groups (broad SMARTS) is 1. The lowest BCUT2D eigenvalue weighted by Crippen LogP contribution is -2.01. The molecule has 0 bridgehead atoms. The highest BCUT2D eigenvalue weighted by Gasteiger charge is 2.20. The predicted octanol–water partition coefficient (Wildman–Crippen LogP) is 2.83. The molecule has 1 atom stereocenters. The van der Waals surface area contributed by atoms with Gasteiger partial charge in [0.15, 0.2) is 0 Å². The number of rotatable bonds is 4. The molecule has 0 spiro atoms. The minimum Gasteiger partial charge on any atom is -0.496 e. The van der Waals surface area contributed by atoms with Gasteiger partial charge >= 0.3 is 5.97 Å². The van der Waals surface area contributed by atoms with Gasteiger partial charge in [0.25, 0.3) is 0 Å². The number of methoxy groups -OCH3 is 1. The summed E-state index contributed by atoms with van der Waals surface area (Å²) in [6, 6.07) is 7.86. The molecule has 2 aromatic rings. The van der Waals surface area contributed by atoms with E-state index in [1.807, 2.05) is 0 Å². The van der Waals surface area contributed by atoms with Crippen molar-refractivity contribution in [3.05, 3.63) is 51.9 Å². The fraction of sp³-hybridized carbons (Fsp3) is 0.154. The van der Waals surface area contributed by atoms with Gasteiger partial charge in [-0.05, 0) is 24.3 Å². The topological polar surface area (TPSA) is 79.9 Å². The molecule has 100 valence electrons. The summed E-state index contributed by atoms with van der Waals surface area (Å²) in [5, 5.41) is 19.0. The van der Waals surface area contributed by atoms with Crippen LogP contribution in [0, 0.1) is 0 Å². The van der Waals surface area contributed by atoms with Crippen molar-refractivity contribution in [1.29, 1.82) is 0 Å². The Balaban J connectivity index is 2.37. The molecule has 0 amide bonds. The highest BCUT2D eigenvalue weighted by molar-refractivity contribution is 9.10. The largest absolute Gasteiger partial charge is 0.496 e. The van der Waals surface area contributed by atoms with Gasteiger partial charge in [-0.25, -0.2) is 4.79 Å². The highest BCUT2D eigenvalue weighted by Crippen LogP contribution is 2.32. The monoisotopic (exact) mass is 326 g/mol. The van der Waals surface area contributed by atoms with E-state index >= 15 is 0 Å². The zero-order valence-corrected chi connectivity index (χ0v) is 11.5. The normalized spacial score (nSPS) is 12.2. The third-order valence-electron chi connectivity index (χ3n) is 2.60. The fourth-order valence-corrected chi connectivity index (χ4v) is 2.02. The van der Waals surface area contributed by atoms with Gasteiger partial charge in [-0.2, -0.15) is 0 Å². The molecule has 2 N–H and O–H groups in total. The summed E-state index contributed by atoms with van der Waals surface area (Å²) < 4.78 is 11.1.